The molecule has 0 fully saturated rings. The first kappa shape index (κ1) is 12.7. The van der Waals surface area contributed by atoms with Crippen molar-refractivity contribution in [2.24, 2.45) is 0 Å². The Bertz CT molecular complexity index is 305. The lowest BCUT2D eigenvalue weighted by molar-refractivity contribution is 0.0693. The Balaban J connectivity index is 0.000000791. The van der Waals surface area contributed by atoms with E-state index in [1.54, 1.807) is 18.2 Å². The molecule has 1 aromatic carbocycles. The number of rotatable bonds is 2. The molecule has 1 aromatic rings. The first-order valence-corrected chi connectivity index (χ1v) is 4.59. The molecule has 0 saturated carbocycles. The molecular weight excluding hydrogens is 180 g/mol. The second-order valence-corrected chi connectivity index (χ2v) is 2.62. The molecule has 0 aliphatic rings. The van der Waals surface area contributed by atoms with E-state index < -0.39 is 5.97 Å². The van der Waals surface area contributed by atoms with Crippen LogP contribution in [0.4, 0.5) is 0 Å². The fraction of sp³-hybridized carbons (Fsp3) is 0.364. The van der Waals surface area contributed by atoms with E-state index in [0.717, 1.165) is 5.56 Å². The van der Waals surface area contributed by atoms with Crippen molar-refractivity contribution in [3.05, 3.63) is 34.9 Å². The number of carboxylic acid groups (broad SMARTS) is 1. The van der Waals surface area contributed by atoms with E-state index >= 15 is 0 Å². The van der Waals surface area contributed by atoms with Crippen molar-refractivity contribution in [1.82, 2.24) is 0 Å². The topological polar surface area (TPSA) is 57.5 Å². The van der Waals surface area contributed by atoms with Crippen molar-refractivity contribution in [3.63, 3.8) is 0 Å². The van der Waals surface area contributed by atoms with Gasteiger partial charge < -0.3 is 10.2 Å². The summed E-state index contributed by atoms with van der Waals surface area (Å²) in [6.45, 7) is 5.58. The third-order valence-electron chi connectivity index (χ3n) is 1.67. The molecule has 0 saturated heterocycles. The highest BCUT2D eigenvalue weighted by atomic mass is 16.4. The Morgan fingerprint density at radius 2 is 1.93 bits per heavy atom. The Labute approximate surface area is 84.0 Å². The molecule has 0 amide bonds. The van der Waals surface area contributed by atoms with Gasteiger partial charge in [0.1, 0.15) is 0 Å². The molecule has 78 valence electrons. The monoisotopic (exact) mass is 196 g/mol. The number of aliphatic hydroxyl groups is 1. The van der Waals surface area contributed by atoms with Crippen molar-refractivity contribution in [2.45, 2.75) is 27.4 Å². The van der Waals surface area contributed by atoms with Crippen LogP contribution in [-0.4, -0.2) is 16.2 Å². The van der Waals surface area contributed by atoms with Gasteiger partial charge >= 0.3 is 5.97 Å². The standard InChI is InChI=1S/C9H10O3.C2H6/c1-6-2-3-7(5-10)8(4-6)9(11)12;1-2/h2-4,10H,5H2,1H3,(H,11,12);1-2H3. The number of hydrogen-bond donors (Lipinski definition) is 2. The SMILES string of the molecule is CC.Cc1ccc(CO)c(C(=O)O)c1. The molecule has 3 nitrogen and oxygen atoms in total. The van der Waals surface area contributed by atoms with Gasteiger partial charge in [0.25, 0.3) is 0 Å². The third-order valence-corrected chi connectivity index (χ3v) is 1.67. The smallest absolute Gasteiger partial charge is 0.336 e. The maximum absolute atomic E-state index is 10.6. The number of hydrogen-bond acceptors (Lipinski definition) is 2. The molecule has 1 rings (SSSR count). The van der Waals surface area contributed by atoms with Crippen LogP contribution in [0, 0.1) is 6.92 Å². The van der Waals surface area contributed by atoms with Crippen molar-refractivity contribution in [1.29, 1.82) is 0 Å². The first-order valence-electron chi connectivity index (χ1n) is 4.59. The molecule has 0 aromatic heterocycles. The van der Waals surface area contributed by atoms with Crippen LogP contribution in [-0.2, 0) is 6.61 Å². The highest BCUT2D eigenvalue weighted by Gasteiger charge is 2.08. The summed E-state index contributed by atoms with van der Waals surface area (Å²) in [5.74, 6) is -0.997. The summed E-state index contributed by atoms with van der Waals surface area (Å²) in [4.78, 5) is 10.6. The van der Waals surface area contributed by atoms with E-state index in [4.69, 9.17) is 10.2 Å². The van der Waals surface area contributed by atoms with Crippen LogP contribution in [0.5, 0.6) is 0 Å². The second kappa shape index (κ2) is 6.16. The van der Waals surface area contributed by atoms with Crippen LogP contribution in [0.1, 0.15) is 35.3 Å². The second-order valence-electron chi connectivity index (χ2n) is 2.62. The number of aliphatic hydroxyl groups excluding tert-OH is 1. The van der Waals surface area contributed by atoms with Crippen molar-refractivity contribution in [3.8, 4) is 0 Å². The molecular formula is C11H16O3. The normalized spacial score (nSPS) is 8.86. The van der Waals surface area contributed by atoms with Crippen LogP contribution in [0.3, 0.4) is 0 Å². The van der Waals surface area contributed by atoms with Crippen molar-refractivity contribution in [2.75, 3.05) is 0 Å². The average molecular weight is 196 g/mol. The highest BCUT2D eigenvalue weighted by Crippen LogP contribution is 2.11. The van der Waals surface area contributed by atoms with Gasteiger partial charge in [-0.3, -0.25) is 0 Å². The summed E-state index contributed by atoms with van der Waals surface area (Å²) >= 11 is 0. The summed E-state index contributed by atoms with van der Waals surface area (Å²) < 4.78 is 0. The number of aryl methyl sites for hydroxylation is 1. The fourth-order valence-electron chi connectivity index (χ4n) is 1.03. The molecule has 0 heterocycles. The van der Waals surface area contributed by atoms with Gasteiger partial charge in [-0.25, -0.2) is 4.79 Å². The summed E-state index contributed by atoms with van der Waals surface area (Å²) in [5, 5.41) is 17.5. The Kier molecular flexibility index (Phi) is 5.56. The Morgan fingerprint density at radius 1 is 1.36 bits per heavy atom. The zero-order chi connectivity index (χ0) is 11.1. The number of aromatic carboxylic acids is 1. The molecule has 14 heavy (non-hydrogen) atoms. The van der Waals surface area contributed by atoms with E-state index in [-0.39, 0.29) is 12.2 Å². The van der Waals surface area contributed by atoms with Gasteiger partial charge in [0.05, 0.1) is 12.2 Å². The van der Waals surface area contributed by atoms with Crippen LogP contribution in [0.15, 0.2) is 18.2 Å². The zero-order valence-electron chi connectivity index (χ0n) is 8.74. The summed E-state index contributed by atoms with van der Waals surface area (Å²) in [5.41, 5.74) is 1.51. The number of carboxylic acids is 1. The maximum Gasteiger partial charge on any atom is 0.336 e. The molecule has 0 atom stereocenters. The zero-order valence-corrected chi connectivity index (χ0v) is 8.74. The molecule has 0 radical (unpaired) electrons. The van der Waals surface area contributed by atoms with E-state index in [0.29, 0.717) is 5.56 Å². The van der Waals surface area contributed by atoms with E-state index in [9.17, 15) is 4.79 Å². The van der Waals surface area contributed by atoms with Crippen LogP contribution in [0.25, 0.3) is 0 Å². The molecule has 0 aliphatic carbocycles. The maximum atomic E-state index is 10.6. The van der Waals surface area contributed by atoms with Crippen molar-refractivity contribution >= 4 is 5.97 Å². The van der Waals surface area contributed by atoms with Gasteiger partial charge in [0.15, 0.2) is 0 Å². The van der Waals surface area contributed by atoms with E-state index in [1.807, 2.05) is 20.8 Å². The van der Waals surface area contributed by atoms with Gasteiger partial charge in [-0.2, -0.15) is 0 Å². The third kappa shape index (κ3) is 3.18. The quantitative estimate of drug-likeness (QED) is 0.762. The highest BCUT2D eigenvalue weighted by molar-refractivity contribution is 5.89. The molecule has 3 heteroatoms. The average Bonchev–Trinajstić information content (AvgIpc) is 2.20. The summed E-state index contributed by atoms with van der Waals surface area (Å²) in [7, 11) is 0. The lowest BCUT2D eigenvalue weighted by Gasteiger charge is -2.02. The minimum atomic E-state index is -0.997. The number of carbonyl (C=O) groups is 1. The van der Waals surface area contributed by atoms with E-state index in [1.165, 1.54) is 0 Å². The number of benzene rings is 1. The lowest BCUT2D eigenvalue weighted by Crippen LogP contribution is -2.02. The van der Waals surface area contributed by atoms with Crippen molar-refractivity contribution < 1.29 is 15.0 Å². The molecule has 0 aliphatic heterocycles. The minimum absolute atomic E-state index is 0.178. The first-order chi connectivity index (χ1) is 6.65. The Morgan fingerprint density at radius 3 is 2.36 bits per heavy atom. The van der Waals surface area contributed by atoms with Gasteiger partial charge in [-0.15, -0.1) is 0 Å². The molecule has 2 N–H and O–H groups in total. The van der Waals surface area contributed by atoms with Gasteiger partial charge in [-0.05, 0) is 18.6 Å². The largest absolute Gasteiger partial charge is 0.478 e. The van der Waals surface area contributed by atoms with Crippen LogP contribution >= 0.6 is 0 Å². The van der Waals surface area contributed by atoms with Gasteiger partial charge in [-0.1, -0.05) is 31.5 Å². The predicted molar refractivity (Wildman–Crippen MR) is 55.4 cm³/mol. The molecule has 0 unspecified atom stereocenters. The van der Waals surface area contributed by atoms with E-state index in [2.05, 4.69) is 0 Å². The van der Waals surface area contributed by atoms with Gasteiger partial charge in [0.2, 0.25) is 0 Å². The Hall–Kier alpha value is -1.35. The van der Waals surface area contributed by atoms with Crippen LogP contribution in [0.2, 0.25) is 0 Å². The molecule has 0 bridgehead atoms. The summed E-state index contributed by atoms with van der Waals surface area (Å²) in [6.07, 6.45) is 0. The molecule has 0 spiro atoms. The lowest BCUT2D eigenvalue weighted by atomic mass is 10.1. The predicted octanol–water partition coefficient (Wildman–Crippen LogP) is 2.21. The minimum Gasteiger partial charge on any atom is -0.478 e. The van der Waals surface area contributed by atoms with Crippen LogP contribution < -0.4 is 0 Å². The summed E-state index contributed by atoms with van der Waals surface area (Å²) in [6, 6.07) is 4.95. The fourth-order valence-corrected chi connectivity index (χ4v) is 1.03. The van der Waals surface area contributed by atoms with Gasteiger partial charge in [0, 0.05) is 0 Å².